The van der Waals surface area contributed by atoms with Gasteiger partial charge in [-0.3, -0.25) is 5.10 Å². The monoisotopic (exact) mass is 393 g/mol. The van der Waals surface area contributed by atoms with Crippen LogP contribution in [0.1, 0.15) is 23.6 Å². The largest absolute Gasteiger partial charge is 0.497 e. The zero-order valence-corrected chi connectivity index (χ0v) is 16.5. The molecule has 2 heterocycles. The van der Waals surface area contributed by atoms with Crippen LogP contribution in [0.3, 0.4) is 0 Å². The summed E-state index contributed by atoms with van der Waals surface area (Å²) < 4.78 is 11.0. The first-order valence-electron chi connectivity index (χ1n) is 8.76. The lowest BCUT2D eigenvalue weighted by Crippen LogP contribution is -1.89. The summed E-state index contributed by atoms with van der Waals surface area (Å²) in [7, 11) is 1.63. The van der Waals surface area contributed by atoms with Gasteiger partial charge in [0.25, 0.3) is 0 Å². The van der Waals surface area contributed by atoms with E-state index in [-0.39, 0.29) is 5.25 Å². The number of hydrogen-bond donors (Lipinski definition) is 1. The molecule has 0 spiro atoms. The van der Waals surface area contributed by atoms with Gasteiger partial charge in [-0.15, -0.1) is 15.3 Å². The zero-order chi connectivity index (χ0) is 19.5. The topological polar surface area (TPSA) is 89.7 Å². The summed E-state index contributed by atoms with van der Waals surface area (Å²) in [6.07, 6.45) is 0. The van der Waals surface area contributed by atoms with E-state index >= 15 is 0 Å². The number of nitrogens with zero attached hydrogens (tertiary/aromatic N) is 4. The SMILES string of the molecule is COc1ccc(-c2nnc([C@@H](C)Sc3n[nH]c(-c4ccc(C)cc4)n3)o2)cc1. The molecule has 1 atom stereocenters. The molecule has 1 N–H and O–H groups in total. The van der Waals surface area contributed by atoms with Crippen LogP contribution < -0.4 is 4.74 Å². The van der Waals surface area contributed by atoms with E-state index in [1.54, 1.807) is 7.11 Å². The van der Waals surface area contributed by atoms with Gasteiger partial charge in [-0.05, 0) is 38.1 Å². The number of hydrogen-bond acceptors (Lipinski definition) is 7. The van der Waals surface area contributed by atoms with E-state index in [1.165, 1.54) is 17.3 Å². The van der Waals surface area contributed by atoms with Gasteiger partial charge in [0, 0.05) is 11.1 Å². The lowest BCUT2D eigenvalue weighted by molar-refractivity contribution is 0.415. The van der Waals surface area contributed by atoms with Gasteiger partial charge in [0.15, 0.2) is 5.82 Å². The van der Waals surface area contributed by atoms with Crippen LogP contribution in [0.5, 0.6) is 5.75 Å². The molecule has 0 bridgehead atoms. The van der Waals surface area contributed by atoms with Crippen molar-refractivity contribution in [2.75, 3.05) is 7.11 Å². The van der Waals surface area contributed by atoms with Crippen LogP contribution in [-0.2, 0) is 0 Å². The second kappa shape index (κ2) is 7.85. The number of rotatable bonds is 6. The highest BCUT2D eigenvalue weighted by Gasteiger charge is 2.19. The lowest BCUT2D eigenvalue weighted by atomic mass is 10.1. The van der Waals surface area contributed by atoms with Crippen LogP contribution in [0.15, 0.2) is 58.1 Å². The molecule has 0 saturated carbocycles. The first-order chi connectivity index (χ1) is 13.6. The minimum atomic E-state index is -0.0823. The Bertz CT molecular complexity index is 1060. The van der Waals surface area contributed by atoms with Crippen molar-refractivity contribution in [2.45, 2.75) is 24.3 Å². The Kier molecular flexibility index (Phi) is 5.12. The summed E-state index contributed by atoms with van der Waals surface area (Å²) in [6, 6.07) is 15.6. The van der Waals surface area contributed by atoms with Crippen molar-refractivity contribution in [1.29, 1.82) is 0 Å². The van der Waals surface area contributed by atoms with E-state index in [0.29, 0.717) is 16.9 Å². The lowest BCUT2D eigenvalue weighted by Gasteiger charge is -2.02. The maximum Gasteiger partial charge on any atom is 0.247 e. The molecule has 2 aromatic carbocycles. The average molecular weight is 393 g/mol. The fourth-order valence-electron chi connectivity index (χ4n) is 2.60. The van der Waals surface area contributed by atoms with E-state index in [9.17, 15) is 0 Å². The van der Waals surface area contributed by atoms with E-state index < -0.39 is 0 Å². The van der Waals surface area contributed by atoms with Gasteiger partial charge < -0.3 is 9.15 Å². The predicted octanol–water partition coefficient (Wildman–Crippen LogP) is 4.69. The molecule has 0 fully saturated rings. The Labute approximate surface area is 166 Å². The molecule has 2 aromatic heterocycles. The number of benzene rings is 2. The number of ether oxygens (including phenoxy) is 1. The Morgan fingerprint density at radius 2 is 1.71 bits per heavy atom. The number of aromatic nitrogens is 5. The molecular weight excluding hydrogens is 374 g/mol. The number of methoxy groups -OCH3 is 1. The van der Waals surface area contributed by atoms with Crippen LogP contribution in [0.4, 0.5) is 0 Å². The van der Waals surface area contributed by atoms with Gasteiger partial charge >= 0.3 is 0 Å². The van der Waals surface area contributed by atoms with Crippen molar-refractivity contribution in [3.05, 3.63) is 60.0 Å². The van der Waals surface area contributed by atoms with Gasteiger partial charge in [-0.25, -0.2) is 4.98 Å². The van der Waals surface area contributed by atoms with Crippen molar-refractivity contribution in [3.63, 3.8) is 0 Å². The normalized spacial score (nSPS) is 12.1. The van der Waals surface area contributed by atoms with Gasteiger partial charge in [-0.2, -0.15) is 0 Å². The Balaban J connectivity index is 1.46. The van der Waals surface area contributed by atoms with Crippen LogP contribution in [-0.4, -0.2) is 32.5 Å². The third-order valence-corrected chi connectivity index (χ3v) is 5.15. The van der Waals surface area contributed by atoms with Crippen LogP contribution in [0.25, 0.3) is 22.8 Å². The highest BCUT2D eigenvalue weighted by Crippen LogP contribution is 2.34. The fraction of sp³-hybridized carbons (Fsp3) is 0.200. The Morgan fingerprint density at radius 3 is 2.43 bits per heavy atom. The van der Waals surface area contributed by atoms with E-state index in [2.05, 4.69) is 32.3 Å². The quantitative estimate of drug-likeness (QED) is 0.475. The number of aryl methyl sites for hydroxylation is 1. The zero-order valence-electron chi connectivity index (χ0n) is 15.7. The van der Waals surface area contributed by atoms with Crippen LogP contribution in [0, 0.1) is 6.92 Å². The second-order valence-corrected chi connectivity index (χ2v) is 7.57. The van der Waals surface area contributed by atoms with Gasteiger partial charge in [0.1, 0.15) is 5.75 Å². The molecule has 28 heavy (non-hydrogen) atoms. The minimum absolute atomic E-state index is 0.0823. The molecule has 4 aromatic rings. The first kappa shape index (κ1) is 18.2. The van der Waals surface area contributed by atoms with E-state index in [0.717, 1.165) is 22.7 Å². The molecule has 8 heteroatoms. The Hall–Kier alpha value is -3.13. The summed E-state index contributed by atoms with van der Waals surface area (Å²) in [4.78, 5) is 4.55. The van der Waals surface area contributed by atoms with Crippen molar-refractivity contribution in [3.8, 4) is 28.6 Å². The molecular formula is C20H19N5O2S. The highest BCUT2D eigenvalue weighted by atomic mass is 32.2. The summed E-state index contributed by atoms with van der Waals surface area (Å²) >= 11 is 1.46. The van der Waals surface area contributed by atoms with E-state index in [1.807, 2.05) is 55.5 Å². The molecule has 0 unspecified atom stereocenters. The molecule has 4 rings (SSSR count). The standard InChI is InChI=1S/C20H19N5O2S/c1-12-4-6-14(7-5-12)17-21-20(25-22-17)28-13(2)18-23-24-19(27-18)15-8-10-16(26-3)11-9-15/h4-11,13H,1-3H3,(H,21,22,25)/t13-/m1/s1. The number of H-pyrrole nitrogens is 1. The maximum absolute atomic E-state index is 5.83. The smallest absolute Gasteiger partial charge is 0.247 e. The summed E-state index contributed by atoms with van der Waals surface area (Å²) in [5.41, 5.74) is 3.05. The third-order valence-electron chi connectivity index (χ3n) is 4.20. The molecule has 142 valence electrons. The van der Waals surface area contributed by atoms with Crippen LogP contribution in [0.2, 0.25) is 0 Å². The second-order valence-electron chi connectivity index (χ2n) is 6.27. The van der Waals surface area contributed by atoms with Gasteiger partial charge in [0.2, 0.25) is 16.9 Å². The average Bonchev–Trinajstić information content (AvgIpc) is 3.39. The molecule has 0 saturated heterocycles. The molecule has 7 nitrogen and oxygen atoms in total. The van der Waals surface area contributed by atoms with Crippen molar-refractivity contribution >= 4 is 11.8 Å². The maximum atomic E-state index is 5.83. The van der Waals surface area contributed by atoms with Crippen LogP contribution >= 0.6 is 11.8 Å². The molecule has 0 aliphatic heterocycles. The number of thioether (sulfide) groups is 1. The summed E-state index contributed by atoms with van der Waals surface area (Å²) in [6.45, 7) is 4.04. The molecule has 0 amide bonds. The first-order valence-corrected chi connectivity index (χ1v) is 9.64. The molecule has 0 aliphatic rings. The summed E-state index contributed by atoms with van der Waals surface area (Å²) in [5.74, 6) is 2.51. The third kappa shape index (κ3) is 3.91. The minimum Gasteiger partial charge on any atom is -0.497 e. The van der Waals surface area contributed by atoms with Crippen molar-refractivity contribution < 1.29 is 9.15 Å². The predicted molar refractivity (Wildman–Crippen MR) is 107 cm³/mol. The van der Waals surface area contributed by atoms with Gasteiger partial charge in [0.05, 0.1) is 12.4 Å². The Morgan fingerprint density at radius 1 is 1.00 bits per heavy atom. The fourth-order valence-corrected chi connectivity index (χ4v) is 3.35. The number of nitrogens with one attached hydrogen (secondary N) is 1. The van der Waals surface area contributed by atoms with Crippen molar-refractivity contribution in [1.82, 2.24) is 25.4 Å². The number of aromatic amines is 1. The van der Waals surface area contributed by atoms with E-state index in [4.69, 9.17) is 9.15 Å². The molecule has 0 radical (unpaired) electrons. The molecule has 0 aliphatic carbocycles. The highest BCUT2D eigenvalue weighted by molar-refractivity contribution is 7.99. The summed E-state index contributed by atoms with van der Waals surface area (Å²) in [5, 5.41) is 16.1. The van der Waals surface area contributed by atoms with Crippen molar-refractivity contribution in [2.24, 2.45) is 0 Å². The van der Waals surface area contributed by atoms with Gasteiger partial charge in [-0.1, -0.05) is 41.6 Å².